The average molecular weight is 781 g/mol. The smallest absolute Gasteiger partial charge is 0.340 e. The van der Waals surface area contributed by atoms with E-state index in [1.54, 1.807) is 48.7 Å². The highest BCUT2D eigenvalue weighted by atomic mass is 32.2. The molecule has 7 aromatic rings. The number of aromatic amines is 1. The number of fused-ring (bicyclic) bond motifs is 6. The summed E-state index contributed by atoms with van der Waals surface area (Å²) in [5.41, 5.74) is 5.89. The van der Waals surface area contributed by atoms with Gasteiger partial charge in [0, 0.05) is 63.2 Å². The number of thioether (sulfide) groups is 1. The van der Waals surface area contributed by atoms with Crippen molar-refractivity contribution in [1.29, 1.82) is 0 Å². The molecule has 14 heteroatoms. The molecule has 0 saturated heterocycles. The van der Waals surface area contributed by atoms with Crippen LogP contribution in [0.3, 0.4) is 0 Å². The molecule has 6 N–H and O–H groups in total. The van der Waals surface area contributed by atoms with E-state index in [1.807, 2.05) is 42.7 Å². The number of hydrogen-bond donors (Lipinski definition) is 6. The van der Waals surface area contributed by atoms with Gasteiger partial charge in [-0.3, -0.25) is 0 Å². The minimum atomic E-state index is -1.36. The third-order valence-corrected chi connectivity index (χ3v) is 10.3. The first-order chi connectivity index (χ1) is 27.2. The molecule has 4 heterocycles. The SMILES string of the molecule is CSc1nc(-c2ccc(F)cc2)c(-c2ccnc(Nc3ccc(NC(=S)Nc4ccc5c(c4)C(=O)OC54c5ccc(O)cc5Oc5cc(O)ccc54)cc3)c2)[nH]1. The third kappa shape index (κ3) is 6.20. The molecule has 0 amide bonds. The molecule has 0 fully saturated rings. The molecule has 2 aromatic heterocycles. The number of thiocarbonyl (C=S) groups is 1. The van der Waals surface area contributed by atoms with Crippen molar-refractivity contribution in [2.24, 2.45) is 0 Å². The van der Waals surface area contributed by atoms with Gasteiger partial charge in [0.1, 0.15) is 34.6 Å². The summed E-state index contributed by atoms with van der Waals surface area (Å²) >= 11 is 7.12. The molecule has 2 aliphatic rings. The predicted molar refractivity (Wildman–Crippen MR) is 217 cm³/mol. The Kier molecular flexibility index (Phi) is 8.55. The zero-order valence-electron chi connectivity index (χ0n) is 29.3. The first-order valence-corrected chi connectivity index (χ1v) is 18.8. The van der Waals surface area contributed by atoms with Crippen LogP contribution in [0.25, 0.3) is 22.5 Å². The van der Waals surface area contributed by atoms with E-state index >= 15 is 0 Å². The second-order valence-electron chi connectivity index (χ2n) is 13.0. The van der Waals surface area contributed by atoms with E-state index in [4.69, 9.17) is 26.7 Å². The van der Waals surface area contributed by atoms with Gasteiger partial charge in [-0.2, -0.15) is 0 Å². The van der Waals surface area contributed by atoms with Crippen LogP contribution in [-0.2, 0) is 10.3 Å². The van der Waals surface area contributed by atoms with Crippen LogP contribution in [0.15, 0.2) is 127 Å². The largest absolute Gasteiger partial charge is 0.508 e. The van der Waals surface area contributed by atoms with Crippen LogP contribution in [0.4, 0.5) is 27.3 Å². The summed E-state index contributed by atoms with van der Waals surface area (Å²) in [5, 5.41) is 31.1. The molecule has 56 heavy (non-hydrogen) atoms. The molecule has 0 radical (unpaired) electrons. The van der Waals surface area contributed by atoms with E-state index in [9.17, 15) is 19.4 Å². The number of nitrogens with one attached hydrogen (secondary N) is 4. The van der Waals surface area contributed by atoms with Gasteiger partial charge in [0.15, 0.2) is 15.9 Å². The summed E-state index contributed by atoms with van der Waals surface area (Å²) in [5.74, 6) is 0.330. The summed E-state index contributed by atoms with van der Waals surface area (Å²) in [6.07, 6.45) is 3.65. The van der Waals surface area contributed by atoms with Gasteiger partial charge in [-0.05, 0) is 116 Å². The van der Waals surface area contributed by atoms with Crippen molar-refractivity contribution in [1.82, 2.24) is 15.0 Å². The second-order valence-corrected chi connectivity index (χ2v) is 14.2. The van der Waals surface area contributed by atoms with Crippen molar-refractivity contribution in [2.75, 3.05) is 22.2 Å². The maximum absolute atomic E-state index is 13.6. The van der Waals surface area contributed by atoms with Gasteiger partial charge < -0.3 is 40.6 Å². The summed E-state index contributed by atoms with van der Waals surface area (Å²) in [6, 6.07) is 32.1. The molecule has 1 spiro atoms. The number of hydrogen-bond acceptors (Lipinski definition) is 10. The van der Waals surface area contributed by atoms with Crippen LogP contribution < -0.4 is 20.7 Å². The minimum absolute atomic E-state index is 0.0182. The van der Waals surface area contributed by atoms with Crippen LogP contribution in [-0.4, -0.2) is 42.5 Å². The lowest BCUT2D eigenvalue weighted by Crippen LogP contribution is -2.32. The van der Waals surface area contributed by atoms with E-state index in [1.165, 1.54) is 48.2 Å². The van der Waals surface area contributed by atoms with Gasteiger partial charge >= 0.3 is 5.97 Å². The number of nitrogens with zero attached hydrogens (tertiary/aromatic N) is 2. The molecular formula is C42H29FN6O5S2. The zero-order valence-corrected chi connectivity index (χ0v) is 30.9. The van der Waals surface area contributed by atoms with E-state index in [0.717, 1.165) is 39.0 Å². The molecule has 2 aliphatic heterocycles. The lowest BCUT2D eigenvalue weighted by atomic mass is 9.77. The number of phenols is 2. The highest BCUT2D eigenvalue weighted by Gasteiger charge is 2.53. The Morgan fingerprint density at radius 2 is 1.43 bits per heavy atom. The lowest BCUT2D eigenvalue weighted by Gasteiger charge is -2.36. The number of esters is 1. The van der Waals surface area contributed by atoms with Gasteiger partial charge in [0.25, 0.3) is 0 Å². The number of benzene rings is 5. The topological polar surface area (TPSA) is 154 Å². The molecule has 276 valence electrons. The Morgan fingerprint density at radius 3 is 2.12 bits per heavy atom. The number of pyridine rings is 1. The molecule has 0 atom stereocenters. The van der Waals surface area contributed by atoms with Crippen LogP contribution >= 0.6 is 24.0 Å². The number of imidazole rings is 1. The van der Waals surface area contributed by atoms with E-state index in [0.29, 0.717) is 50.4 Å². The van der Waals surface area contributed by atoms with Crippen molar-refractivity contribution in [3.63, 3.8) is 0 Å². The number of ether oxygens (including phenoxy) is 2. The predicted octanol–water partition coefficient (Wildman–Crippen LogP) is 9.53. The third-order valence-electron chi connectivity index (χ3n) is 9.49. The summed E-state index contributed by atoms with van der Waals surface area (Å²) in [6.45, 7) is 0. The molecule has 0 saturated carbocycles. The minimum Gasteiger partial charge on any atom is -0.508 e. The number of H-pyrrole nitrogens is 1. The Balaban J connectivity index is 0.904. The van der Waals surface area contributed by atoms with Gasteiger partial charge in [-0.1, -0.05) is 17.8 Å². The zero-order chi connectivity index (χ0) is 38.6. The summed E-state index contributed by atoms with van der Waals surface area (Å²) in [4.78, 5) is 26.1. The van der Waals surface area contributed by atoms with Crippen molar-refractivity contribution >= 4 is 57.9 Å². The maximum atomic E-state index is 13.6. The maximum Gasteiger partial charge on any atom is 0.340 e. The van der Waals surface area contributed by atoms with Crippen molar-refractivity contribution in [2.45, 2.75) is 10.8 Å². The highest BCUT2D eigenvalue weighted by Crippen LogP contribution is 2.57. The van der Waals surface area contributed by atoms with Crippen LogP contribution in [0, 0.1) is 5.82 Å². The molecule has 9 rings (SSSR count). The van der Waals surface area contributed by atoms with Crippen LogP contribution in [0.1, 0.15) is 27.0 Å². The number of aromatic hydroxyl groups is 2. The first kappa shape index (κ1) is 34.8. The molecule has 11 nitrogen and oxygen atoms in total. The number of phenolic OH excluding ortho intramolecular Hbond substituents is 2. The fraction of sp³-hybridized carbons (Fsp3) is 0.0476. The molecule has 0 aliphatic carbocycles. The number of aromatic nitrogens is 3. The average Bonchev–Trinajstić information content (AvgIpc) is 3.75. The van der Waals surface area contributed by atoms with E-state index < -0.39 is 11.6 Å². The number of carbonyl (C=O) groups excluding carboxylic acids is 1. The van der Waals surface area contributed by atoms with Gasteiger partial charge in [-0.15, -0.1) is 0 Å². The fourth-order valence-electron chi connectivity index (χ4n) is 6.99. The van der Waals surface area contributed by atoms with E-state index in [-0.39, 0.29) is 17.3 Å². The number of halogens is 1. The monoisotopic (exact) mass is 780 g/mol. The van der Waals surface area contributed by atoms with Gasteiger partial charge in [0.05, 0.1) is 17.0 Å². The summed E-state index contributed by atoms with van der Waals surface area (Å²) < 4.78 is 25.8. The molecular weight excluding hydrogens is 752 g/mol. The Labute approximate surface area is 328 Å². The number of rotatable bonds is 7. The fourth-order valence-corrected chi connectivity index (χ4v) is 7.61. The lowest BCUT2D eigenvalue weighted by molar-refractivity contribution is 0.0224. The molecule has 0 unspecified atom stereocenters. The van der Waals surface area contributed by atoms with E-state index in [2.05, 4.69) is 25.9 Å². The van der Waals surface area contributed by atoms with Crippen LogP contribution in [0.5, 0.6) is 23.0 Å². The number of anilines is 4. The van der Waals surface area contributed by atoms with Crippen molar-refractivity contribution < 1.29 is 28.9 Å². The molecule has 0 bridgehead atoms. The Bertz CT molecular complexity index is 2650. The number of carbonyl (C=O) groups is 1. The standard InChI is InChI=1S/C42H29FN6O5S2/c1-56-41-48-37(22-2-4-24(43)5-3-22)38(49-41)23-16-17-44-36(18-23)45-25-6-8-26(9-7-25)46-40(55)47-27-10-13-31-30(19-27)39(52)54-42(31)32-14-11-28(50)20-34(32)53-35-21-29(51)12-15-33(35)42/h2-21,50-51H,1H3,(H,44,45)(H,48,49)(H2,46,47,55). The Morgan fingerprint density at radius 1 is 0.786 bits per heavy atom. The van der Waals surface area contributed by atoms with Crippen molar-refractivity contribution in [3.05, 3.63) is 150 Å². The Hall–Kier alpha value is -6.90. The normalized spacial score (nSPS) is 13.2. The molecule has 5 aromatic carbocycles. The van der Waals surface area contributed by atoms with Gasteiger partial charge in [0.2, 0.25) is 0 Å². The van der Waals surface area contributed by atoms with Gasteiger partial charge in [-0.25, -0.2) is 19.2 Å². The van der Waals surface area contributed by atoms with Crippen LogP contribution in [0.2, 0.25) is 0 Å². The first-order valence-electron chi connectivity index (χ1n) is 17.2. The second kappa shape index (κ2) is 13.7. The highest BCUT2D eigenvalue weighted by molar-refractivity contribution is 7.98. The summed E-state index contributed by atoms with van der Waals surface area (Å²) in [7, 11) is 0. The van der Waals surface area contributed by atoms with Crippen molar-refractivity contribution in [3.8, 4) is 45.5 Å². The quantitative estimate of drug-likeness (QED) is 0.0519.